The smallest absolute Gasteiger partial charge is 0.187 e. The second-order valence-electron chi connectivity index (χ2n) is 4.00. The van der Waals surface area contributed by atoms with Crippen LogP contribution >= 0.6 is 0 Å². The maximum atomic E-state index is 5.55. The zero-order chi connectivity index (χ0) is 13.1. The van der Waals surface area contributed by atoms with E-state index in [0.717, 1.165) is 22.3 Å². The van der Waals surface area contributed by atoms with E-state index in [1.165, 1.54) is 0 Å². The zero-order valence-electron chi connectivity index (χ0n) is 10.4. The molecule has 1 aromatic carbocycles. The molecule has 98 valence electrons. The molecular weight excluding hydrogens is 246 g/mol. The molecule has 0 unspecified atom stereocenters. The summed E-state index contributed by atoms with van der Waals surface area (Å²) in [6.07, 6.45) is 1.60. The molecule has 2 heterocycles. The molecule has 3 aromatic rings. The van der Waals surface area contributed by atoms with Gasteiger partial charge in [0.1, 0.15) is 18.1 Å². The Hall–Kier alpha value is -2.34. The molecule has 0 radical (unpaired) electrons. The monoisotopic (exact) mass is 259 g/mol. The first-order valence-corrected chi connectivity index (χ1v) is 5.89. The van der Waals surface area contributed by atoms with Crippen molar-refractivity contribution in [2.45, 2.75) is 0 Å². The van der Waals surface area contributed by atoms with Crippen molar-refractivity contribution in [3.8, 4) is 17.2 Å². The summed E-state index contributed by atoms with van der Waals surface area (Å²) < 4.78 is 15.6. The van der Waals surface area contributed by atoms with Crippen molar-refractivity contribution in [2.75, 3.05) is 20.3 Å². The van der Waals surface area contributed by atoms with E-state index >= 15 is 0 Å². The molecule has 0 aliphatic carbocycles. The number of ether oxygens (including phenoxy) is 2. The van der Waals surface area contributed by atoms with Gasteiger partial charge in [0.05, 0.1) is 18.3 Å². The Labute approximate surface area is 109 Å². The Morgan fingerprint density at radius 1 is 1.26 bits per heavy atom. The van der Waals surface area contributed by atoms with Gasteiger partial charge >= 0.3 is 0 Å². The molecule has 19 heavy (non-hydrogen) atoms. The van der Waals surface area contributed by atoms with Crippen LogP contribution in [0.5, 0.6) is 5.75 Å². The fourth-order valence-corrected chi connectivity index (χ4v) is 1.86. The number of methoxy groups -OCH3 is 1. The third-order valence-corrected chi connectivity index (χ3v) is 2.76. The lowest BCUT2D eigenvalue weighted by Crippen LogP contribution is -2.03. The van der Waals surface area contributed by atoms with E-state index in [2.05, 4.69) is 15.4 Å². The number of aromatic amines is 1. The summed E-state index contributed by atoms with van der Waals surface area (Å²) in [6, 6.07) is 7.52. The average Bonchev–Trinajstić information content (AvgIpc) is 3.07. The van der Waals surface area contributed by atoms with Crippen LogP contribution in [0.1, 0.15) is 0 Å². The number of benzene rings is 1. The van der Waals surface area contributed by atoms with Crippen molar-refractivity contribution in [1.29, 1.82) is 0 Å². The van der Waals surface area contributed by atoms with E-state index in [0.29, 0.717) is 19.0 Å². The lowest BCUT2D eigenvalue weighted by molar-refractivity contribution is 0.146. The Morgan fingerprint density at radius 2 is 2.21 bits per heavy atom. The minimum atomic E-state index is 0.519. The van der Waals surface area contributed by atoms with E-state index in [1.807, 2.05) is 18.2 Å². The first-order chi connectivity index (χ1) is 9.38. The third kappa shape index (κ3) is 2.30. The van der Waals surface area contributed by atoms with Crippen LogP contribution in [0.4, 0.5) is 0 Å². The predicted molar refractivity (Wildman–Crippen MR) is 69.0 cm³/mol. The molecule has 0 bridgehead atoms. The van der Waals surface area contributed by atoms with Gasteiger partial charge in [-0.25, -0.2) is 0 Å². The van der Waals surface area contributed by atoms with Crippen molar-refractivity contribution in [1.82, 2.24) is 15.4 Å². The summed E-state index contributed by atoms with van der Waals surface area (Å²) in [5, 5.41) is 11.8. The van der Waals surface area contributed by atoms with Gasteiger partial charge in [0.25, 0.3) is 0 Å². The fourth-order valence-electron chi connectivity index (χ4n) is 1.86. The number of hydrogen-bond donors (Lipinski definition) is 1. The largest absolute Gasteiger partial charge is 0.491 e. The molecule has 6 heteroatoms. The molecule has 0 atom stereocenters. The summed E-state index contributed by atoms with van der Waals surface area (Å²) in [5.41, 5.74) is 1.64. The first-order valence-electron chi connectivity index (χ1n) is 5.89. The van der Waals surface area contributed by atoms with Crippen LogP contribution in [0.25, 0.3) is 22.4 Å². The van der Waals surface area contributed by atoms with Gasteiger partial charge in [0.2, 0.25) is 0 Å². The van der Waals surface area contributed by atoms with E-state index in [9.17, 15) is 0 Å². The average molecular weight is 259 g/mol. The van der Waals surface area contributed by atoms with Crippen molar-refractivity contribution in [3.05, 3.63) is 30.5 Å². The SMILES string of the molecule is COCCOc1ccc2c(-c3ccno3)n[nH]c2c1. The first kappa shape index (κ1) is 11.7. The van der Waals surface area contributed by atoms with Crippen LogP contribution in [0.3, 0.4) is 0 Å². The predicted octanol–water partition coefficient (Wildman–Crippen LogP) is 2.24. The molecule has 0 amide bonds. The number of nitrogens with zero attached hydrogens (tertiary/aromatic N) is 2. The molecule has 0 saturated heterocycles. The maximum absolute atomic E-state index is 5.55. The van der Waals surface area contributed by atoms with Crippen molar-refractivity contribution in [2.24, 2.45) is 0 Å². The zero-order valence-corrected chi connectivity index (χ0v) is 10.4. The highest BCUT2D eigenvalue weighted by Gasteiger charge is 2.11. The van der Waals surface area contributed by atoms with Crippen LogP contribution in [-0.4, -0.2) is 35.7 Å². The summed E-state index contributed by atoms with van der Waals surface area (Å²) in [7, 11) is 1.64. The maximum Gasteiger partial charge on any atom is 0.187 e. The van der Waals surface area contributed by atoms with Gasteiger partial charge in [-0.2, -0.15) is 5.10 Å². The Bertz CT molecular complexity index is 661. The molecule has 3 rings (SSSR count). The van der Waals surface area contributed by atoms with Crippen LogP contribution < -0.4 is 4.74 Å². The van der Waals surface area contributed by atoms with E-state index in [-0.39, 0.29) is 0 Å². The Kier molecular flexibility index (Phi) is 3.16. The molecule has 0 saturated carbocycles. The van der Waals surface area contributed by atoms with Crippen molar-refractivity contribution >= 4 is 10.9 Å². The highest BCUT2D eigenvalue weighted by atomic mass is 16.5. The van der Waals surface area contributed by atoms with Gasteiger partial charge in [0, 0.05) is 24.6 Å². The molecule has 2 aromatic heterocycles. The number of hydrogen-bond acceptors (Lipinski definition) is 5. The third-order valence-electron chi connectivity index (χ3n) is 2.76. The second kappa shape index (κ2) is 5.11. The normalized spacial score (nSPS) is 11.0. The van der Waals surface area contributed by atoms with Crippen molar-refractivity contribution in [3.63, 3.8) is 0 Å². The van der Waals surface area contributed by atoms with Gasteiger partial charge in [-0.15, -0.1) is 0 Å². The van der Waals surface area contributed by atoms with Crippen molar-refractivity contribution < 1.29 is 14.0 Å². The van der Waals surface area contributed by atoms with E-state index in [4.69, 9.17) is 14.0 Å². The quantitative estimate of drug-likeness (QED) is 0.711. The topological polar surface area (TPSA) is 73.2 Å². The van der Waals surface area contributed by atoms with Gasteiger partial charge < -0.3 is 14.0 Å². The van der Waals surface area contributed by atoms with Crippen LogP contribution in [0.15, 0.2) is 35.0 Å². The molecule has 0 aliphatic rings. The molecule has 6 nitrogen and oxygen atoms in total. The highest BCUT2D eigenvalue weighted by molar-refractivity contribution is 5.92. The molecule has 0 aliphatic heterocycles. The number of nitrogens with one attached hydrogen (secondary N) is 1. The second-order valence-corrected chi connectivity index (χ2v) is 4.00. The highest BCUT2D eigenvalue weighted by Crippen LogP contribution is 2.28. The summed E-state index contributed by atoms with van der Waals surface area (Å²) in [6.45, 7) is 1.08. The number of fused-ring (bicyclic) bond motifs is 1. The summed E-state index contributed by atoms with van der Waals surface area (Å²) >= 11 is 0. The number of aromatic nitrogens is 3. The lowest BCUT2D eigenvalue weighted by Gasteiger charge is -2.04. The molecule has 0 fully saturated rings. The number of rotatable bonds is 5. The minimum Gasteiger partial charge on any atom is -0.491 e. The van der Waals surface area contributed by atoms with Gasteiger partial charge in [-0.05, 0) is 12.1 Å². The fraction of sp³-hybridized carbons (Fsp3) is 0.231. The molecule has 0 spiro atoms. The lowest BCUT2D eigenvalue weighted by atomic mass is 10.2. The Balaban J connectivity index is 1.89. The standard InChI is InChI=1S/C13H13N3O3/c1-17-6-7-18-9-2-3-10-11(8-9)15-16-13(10)12-4-5-14-19-12/h2-5,8H,6-7H2,1H3,(H,15,16). The summed E-state index contributed by atoms with van der Waals surface area (Å²) in [5.74, 6) is 1.41. The van der Waals surface area contributed by atoms with Gasteiger partial charge in [-0.1, -0.05) is 5.16 Å². The van der Waals surface area contributed by atoms with Gasteiger partial charge in [-0.3, -0.25) is 5.10 Å². The van der Waals surface area contributed by atoms with Gasteiger partial charge in [0.15, 0.2) is 5.76 Å². The minimum absolute atomic E-state index is 0.519. The number of H-pyrrole nitrogens is 1. The van der Waals surface area contributed by atoms with E-state index in [1.54, 1.807) is 19.4 Å². The van der Waals surface area contributed by atoms with Crippen LogP contribution in [0.2, 0.25) is 0 Å². The molecule has 1 N–H and O–H groups in total. The molecular formula is C13H13N3O3. The Morgan fingerprint density at radius 3 is 3.00 bits per heavy atom. The summed E-state index contributed by atoms with van der Waals surface area (Å²) in [4.78, 5) is 0. The van der Waals surface area contributed by atoms with Crippen LogP contribution in [0, 0.1) is 0 Å². The van der Waals surface area contributed by atoms with Crippen LogP contribution in [-0.2, 0) is 4.74 Å². The van der Waals surface area contributed by atoms with E-state index < -0.39 is 0 Å².